The molecule has 10 heteroatoms. The molecule has 0 saturated carbocycles. The van der Waals surface area contributed by atoms with Crippen LogP contribution in [0.4, 0.5) is 5.69 Å². The number of likely N-dealkylation sites (N-methyl/N-ethyl adjacent to an activating group) is 1. The molecule has 0 aliphatic carbocycles. The van der Waals surface area contributed by atoms with E-state index in [0.29, 0.717) is 18.7 Å². The summed E-state index contributed by atoms with van der Waals surface area (Å²) in [5.74, 6) is -0.308. The summed E-state index contributed by atoms with van der Waals surface area (Å²) in [6.07, 6.45) is 0. The number of hydrogen-bond acceptors (Lipinski definition) is 7. The molecule has 0 bridgehead atoms. The van der Waals surface area contributed by atoms with Crippen LogP contribution in [0.5, 0.6) is 5.75 Å². The summed E-state index contributed by atoms with van der Waals surface area (Å²) in [5.41, 5.74) is 1.17. The Hall–Kier alpha value is -3.76. The second-order valence-corrected chi connectivity index (χ2v) is 8.84. The summed E-state index contributed by atoms with van der Waals surface area (Å²) in [4.78, 5) is 24.3. The first kappa shape index (κ1) is 23.9. The summed E-state index contributed by atoms with van der Waals surface area (Å²) in [5, 5.41) is 13.7. The fourth-order valence-corrected chi connectivity index (χ4v) is 4.00. The third-order valence-electron chi connectivity index (χ3n) is 4.71. The second-order valence-electron chi connectivity index (χ2n) is 7.30. The molecular weight excluding hydrogens is 446 g/mol. The fourth-order valence-electron chi connectivity index (χ4n) is 3.03. The number of rotatable bonds is 10. The summed E-state index contributed by atoms with van der Waals surface area (Å²) in [6.45, 7) is 1.87. The van der Waals surface area contributed by atoms with Crippen molar-refractivity contribution in [2.45, 2.75) is 11.4 Å². The van der Waals surface area contributed by atoms with Crippen LogP contribution >= 0.6 is 0 Å². The highest BCUT2D eigenvalue weighted by molar-refractivity contribution is 7.87. The van der Waals surface area contributed by atoms with Crippen molar-refractivity contribution < 1.29 is 22.3 Å². The molecule has 0 heterocycles. The van der Waals surface area contributed by atoms with Crippen LogP contribution in [0.15, 0.2) is 83.8 Å². The van der Waals surface area contributed by atoms with E-state index < -0.39 is 15.0 Å². The molecule has 33 heavy (non-hydrogen) atoms. The van der Waals surface area contributed by atoms with Gasteiger partial charge in [-0.2, -0.15) is 8.42 Å². The third-order valence-corrected chi connectivity index (χ3v) is 5.96. The Bertz CT molecular complexity index is 1210. The van der Waals surface area contributed by atoms with Gasteiger partial charge in [0.05, 0.1) is 4.92 Å². The molecule has 3 aromatic carbocycles. The molecule has 0 unspecified atom stereocenters. The molecule has 172 valence electrons. The maximum Gasteiger partial charge on any atom is 0.339 e. The van der Waals surface area contributed by atoms with Crippen LogP contribution in [0.3, 0.4) is 0 Å². The SMILES string of the molecule is CN(CCNC(=O)c1ccc(OS(=O)(=O)c2cccc([N+](=O)[O-])c2)cc1)Cc1ccccc1. The van der Waals surface area contributed by atoms with Crippen LogP contribution in [-0.4, -0.2) is 44.3 Å². The number of carbonyl (C=O) groups excluding carboxylic acids is 1. The summed E-state index contributed by atoms with van der Waals surface area (Å²) in [7, 11) is -2.30. The standard InChI is InChI=1S/C23H23N3O6S/c1-25(17-18-6-3-2-4-7-18)15-14-24-23(27)19-10-12-21(13-11-19)32-33(30,31)22-9-5-8-20(16-22)26(28)29/h2-13,16H,14-15,17H2,1H3,(H,24,27). The second kappa shape index (κ2) is 10.7. The fraction of sp³-hybridized carbons (Fsp3) is 0.174. The first-order valence-electron chi connectivity index (χ1n) is 10.0. The van der Waals surface area contributed by atoms with Gasteiger partial charge in [0, 0.05) is 37.3 Å². The van der Waals surface area contributed by atoms with E-state index in [4.69, 9.17) is 4.18 Å². The molecular formula is C23H23N3O6S. The average molecular weight is 470 g/mol. The number of nitro groups is 1. The van der Waals surface area contributed by atoms with Crippen LogP contribution in [0.1, 0.15) is 15.9 Å². The molecule has 0 aliphatic rings. The van der Waals surface area contributed by atoms with Gasteiger partial charge in [-0.1, -0.05) is 36.4 Å². The van der Waals surface area contributed by atoms with E-state index in [-0.39, 0.29) is 22.2 Å². The van der Waals surface area contributed by atoms with Gasteiger partial charge < -0.3 is 14.4 Å². The van der Waals surface area contributed by atoms with E-state index in [2.05, 4.69) is 10.2 Å². The van der Waals surface area contributed by atoms with Gasteiger partial charge in [-0.15, -0.1) is 0 Å². The van der Waals surface area contributed by atoms with Crippen molar-refractivity contribution in [3.63, 3.8) is 0 Å². The lowest BCUT2D eigenvalue weighted by molar-refractivity contribution is -0.385. The van der Waals surface area contributed by atoms with Gasteiger partial charge in [0.25, 0.3) is 11.6 Å². The predicted molar refractivity (Wildman–Crippen MR) is 122 cm³/mol. The van der Waals surface area contributed by atoms with E-state index in [1.807, 2.05) is 37.4 Å². The summed E-state index contributed by atoms with van der Waals surface area (Å²) < 4.78 is 29.8. The van der Waals surface area contributed by atoms with Gasteiger partial charge >= 0.3 is 10.1 Å². The van der Waals surface area contributed by atoms with Crippen LogP contribution in [-0.2, 0) is 16.7 Å². The van der Waals surface area contributed by atoms with E-state index in [9.17, 15) is 23.3 Å². The van der Waals surface area contributed by atoms with Gasteiger partial charge in [0.1, 0.15) is 10.6 Å². The van der Waals surface area contributed by atoms with Crippen molar-refractivity contribution in [1.82, 2.24) is 10.2 Å². The zero-order chi connectivity index (χ0) is 23.8. The van der Waals surface area contributed by atoms with E-state index in [1.54, 1.807) is 0 Å². The lowest BCUT2D eigenvalue weighted by Gasteiger charge is -2.17. The molecule has 0 atom stereocenters. The molecule has 0 spiro atoms. The molecule has 3 aromatic rings. The first-order valence-corrected chi connectivity index (χ1v) is 11.4. The molecule has 0 fully saturated rings. The smallest absolute Gasteiger partial charge is 0.339 e. The number of benzene rings is 3. The number of carbonyl (C=O) groups is 1. The number of nitrogens with one attached hydrogen (secondary N) is 1. The predicted octanol–water partition coefficient (Wildman–Crippen LogP) is 3.22. The Morgan fingerprint density at radius 1 is 1.03 bits per heavy atom. The van der Waals surface area contributed by atoms with Gasteiger partial charge in [0.2, 0.25) is 0 Å². The zero-order valence-corrected chi connectivity index (χ0v) is 18.7. The molecule has 0 aromatic heterocycles. The highest BCUT2D eigenvalue weighted by Gasteiger charge is 2.20. The lowest BCUT2D eigenvalue weighted by atomic mass is 10.2. The minimum Gasteiger partial charge on any atom is -0.379 e. The summed E-state index contributed by atoms with van der Waals surface area (Å²) in [6, 6.07) is 20.2. The number of nitrogens with zero attached hydrogens (tertiary/aromatic N) is 2. The van der Waals surface area contributed by atoms with E-state index >= 15 is 0 Å². The quantitative estimate of drug-likeness (QED) is 0.275. The highest BCUT2D eigenvalue weighted by Crippen LogP contribution is 2.22. The Kier molecular flexibility index (Phi) is 7.75. The van der Waals surface area contributed by atoms with Crippen molar-refractivity contribution in [3.05, 3.63) is 100 Å². The maximum atomic E-state index is 12.4. The Labute approximate surface area is 191 Å². The summed E-state index contributed by atoms with van der Waals surface area (Å²) >= 11 is 0. The Balaban J connectivity index is 1.53. The Morgan fingerprint density at radius 3 is 2.39 bits per heavy atom. The molecule has 9 nitrogen and oxygen atoms in total. The van der Waals surface area contributed by atoms with Gasteiger partial charge in [-0.25, -0.2) is 0 Å². The number of nitro benzene ring substituents is 1. The number of non-ortho nitro benzene ring substituents is 1. The maximum absolute atomic E-state index is 12.4. The molecule has 0 saturated heterocycles. The monoisotopic (exact) mass is 469 g/mol. The lowest BCUT2D eigenvalue weighted by Crippen LogP contribution is -2.32. The zero-order valence-electron chi connectivity index (χ0n) is 17.9. The largest absolute Gasteiger partial charge is 0.379 e. The molecule has 0 aliphatic heterocycles. The highest BCUT2D eigenvalue weighted by atomic mass is 32.2. The minimum atomic E-state index is -4.26. The van der Waals surface area contributed by atoms with Crippen molar-refractivity contribution in [1.29, 1.82) is 0 Å². The molecule has 0 radical (unpaired) electrons. The van der Waals surface area contributed by atoms with E-state index in [0.717, 1.165) is 12.6 Å². The average Bonchev–Trinajstić information content (AvgIpc) is 2.80. The molecule has 1 amide bonds. The van der Waals surface area contributed by atoms with Crippen molar-refractivity contribution in [2.24, 2.45) is 0 Å². The van der Waals surface area contributed by atoms with Crippen molar-refractivity contribution >= 4 is 21.7 Å². The minimum absolute atomic E-state index is 0.0133. The van der Waals surface area contributed by atoms with Crippen LogP contribution < -0.4 is 9.50 Å². The normalized spacial score (nSPS) is 11.2. The number of amides is 1. The first-order chi connectivity index (χ1) is 15.7. The number of hydrogen-bond donors (Lipinski definition) is 1. The Morgan fingerprint density at radius 2 is 1.73 bits per heavy atom. The van der Waals surface area contributed by atoms with Crippen LogP contribution in [0.2, 0.25) is 0 Å². The van der Waals surface area contributed by atoms with Crippen molar-refractivity contribution in [2.75, 3.05) is 20.1 Å². The molecule has 1 N–H and O–H groups in total. The topological polar surface area (TPSA) is 119 Å². The van der Waals surface area contributed by atoms with Crippen LogP contribution in [0.25, 0.3) is 0 Å². The van der Waals surface area contributed by atoms with Crippen LogP contribution in [0, 0.1) is 10.1 Å². The van der Waals surface area contributed by atoms with Crippen molar-refractivity contribution in [3.8, 4) is 5.75 Å². The molecule has 3 rings (SSSR count). The van der Waals surface area contributed by atoms with E-state index in [1.165, 1.54) is 48.0 Å². The third kappa shape index (κ3) is 6.86. The van der Waals surface area contributed by atoms with Gasteiger partial charge in [-0.3, -0.25) is 14.9 Å². The van der Waals surface area contributed by atoms with Gasteiger partial charge in [0.15, 0.2) is 0 Å². The van der Waals surface area contributed by atoms with Gasteiger partial charge in [-0.05, 0) is 42.9 Å².